The quantitative estimate of drug-likeness (QED) is 0.762. The van der Waals surface area contributed by atoms with E-state index in [1.54, 1.807) is 0 Å². The smallest absolute Gasteiger partial charge is 0.323 e. The molecule has 1 aromatic heterocycles. The zero-order chi connectivity index (χ0) is 14.6. The van der Waals surface area contributed by atoms with Gasteiger partial charge in [-0.2, -0.15) is 15.0 Å². The van der Waals surface area contributed by atoms with E-state index in [0.29, 0.717) is 30.4 Å². The highest BCUT2D eigenvalue weighted by atomic mass is 16.5. The fraction of sp³-hybridized carbons (Fsp3) is 0.786. The molecule has 0 atom stereocenters. The predicted octanol–water partition coefficient (Wildman–Crippen LogP) is 2.69. The van der Waals surface area contributed by atoms with E-state index in [2.05, 4.69) is 46.4 Å². The first-order valence-corrected chi connectivity index (χ1v) is 7.46. The maximum atomic E-state index is 5.42. The van der Waals surface area contributed by atoms with E-state index in [1.807, 2.05) is 6.92 Å². The summed E-state index contributed by atoms with van der Waals surface area (Å²) < 4.78 is 5.42. The highest BCUT2D eigenvalue weighted by molar-refractivity contribution is 5.38. The Hall–Kier alpha value is -1.59. The summed E-state index contributed by atoms with van der Waals surface area (Å²) >= 11 is 0. The van der Waals surface area contributed by atoms with Crippen LogP contribution in [0.5, 0.6) is 6.01 Å². The van der Waals surface area contributed by atoms with Gasteiger partial charge in [-0.05, 0) is 46.0 Å². The first-order valence-electron chi connectivity index (χ1n) is 7.46. The van der Waals surface area contributed by atoms with Gasteiger partial charge in [0.15, 0.2) is 0 Å². The highest BCUT2D eigenvalue weighted by Crippen LogP contribution is 2.40. The van der Waals surface area contributed by atoms with Gasteiger partial charge in [0.1, 0.15) is 0 Å². The molecule has 0 aliphatic heterocycles. The van der Waals surface area contributed by atoms with E-state index in [9.17, 15) is 0 Å². The summed E-state index contributed by atoms with van der Waals surface area (Å²) in [5.41, 5.74) is 0.00681. The number of aromatic nitrogens is 3. The number of nitrogens with zero attached hydrogens (tertiary/aromatic N) is 3. The van der Waals surface area contributed by atoms with Crippen LogP contribution in [0.15, 0.2) is 0 Å². The van der Waals surface area contributed by atoms with Gasteiger partial charge in [0.05, 0.1) is 6.61 Å². The molecule has 0 amide bonds. The molecule has 112 valence electrons. The lowest BCUT2D eigenvalue weighted by atomic mass is 9.99. The zero-order valence-corrected chi connectivity index (χ0v) is 12.9. The van der Waals surface area contributed by atoms with Gasteiger partial charge >= 0.3 is 6.01 Å². The molecule has 20 heavy (non-hydrogen) atoms. The molecule has 0 spiro atoms. The summed E-state index contributed by atoms with van der Waals surface area (Å²) in [7, 11) is 0. The van der Waals surface area contributed by atoms with E-state index in [4.69, 9.17) is 4.74 Å². The molecule has 0 radical (unpaired) electrons. The van der Waals surface area contributed by atoms with Crippen molar-refractivity contribution >= 4 is 11.9 Å². The van der Waals surface area contributed by atoms with Crippen molar-refractivity contribution in [3.05, 3.63) is 0 Å². The fourth-order valence-electron chi connectivity index (χ4n) is 2.12. The second-order valence-corrected chi connectivity index (χ2v) is 5.75. The van der Waals surface area contributed by atoms with Crippen LogP contribution in [-0.4, -0.2) is 33.6 Å². The van der Waals surface area contributed by atoms with Crippen LogP contribution in [0.4, 0.5) is 11.9 Å². The molecule has 1 saturated carbocycles. The van der Waals surface area contributed by atoms with Gasteiger partial charge in [-0.15, -0.1) is 0 Å². The SMILES string of the molecule is CCCNc1nc(NC(C)(C)C2CC2)nc(OCC)n1. The Bertz CT molecular complexity index is 445. The minimum Gasteiger partial charge on any atom is -0.464 e. The molecule has 1 aliphatic carbocycles. The van der Waals surface area contributed by atoms with E-state index < -0.39 is 0 Å². The molecule has 2 N–H and O–H groups in total. The molecule has 0 bridgehead atoms. The molecular weight excluding hydrogens is 254 g/mol. The lowest BCUT2D eigenvalue weighted by molar-refractivity contribution is 0.312. The van der Waals surface area contributed by atoms with Crippen LogP contribution in [0.1, 0.15) is 47.0 Å². The number of hydrogen-bond acceptors (Lipinski definition) is 6. The van der Waals surface area contributed by atoms with E-state index in [-0.39, 0.29) is 5.54 Å². The van der Waals surface area contributed by atoms with E-state index >= 15 is 0 Å². The second kappa shape index (κ2) is 6.24. The highest BCUT2D eigenvalue weighted by Gasteiger charge is 2.38. The summed E-state index contributed by atoms with van der Waals surface area (Å²) in [6.45, 7) is 9.78. The normalized spacial score (nSPS) is 15.0. The molecule has 2 rings (SSSR count). The maximum absolute atomic E-state index is 5.42. The molecule has 1 aromatic rings. The monoisotopic (exact) mass is 279 g/mol. The summed E-state index contributed by atoms with van der Waals surface area (Å²) in [6, 6.07) is 0.371. The Morgan fingerprint density at radius 3 is 2.45 bits per heavy atom. The molecular formula is C14H25N5O. The molecule has 1 aliphatic rings. The number of hydrogen-bond donors (Lipinski definition) is 2. The Labute approximate surface area is 120 Å². The predicted molar refractivity (Wildman–Crippen MR) is 80.2 cm³/mol. The molecule has 1 heterocycles. The average molecular weight is 279 g/mol. The van der Waals surface area contributed by atoms with Gasteiger partial charge in [0, 0.05) is 12.1 Å². The number of rotatable bonds is 8. The third-order valence-electron chi connectivity index (χ3n) is 3.45. The molecule has 0 aromatic carbocycles. The molecule has 1 fully saturated rings. The summed E-state index contributed by atoms with van der Waals surface area (Å²) in [4.78, 5) is 13.0. The van der Waals surface area contributed by atoms with Crippen molar-refractivity contribution in [1.82, 2.24) is 15.0 Å². The third kappa shape index (κ3) is 3.95. The van der Waals surface area contributed by atoms with Crippen molar-refractivity contribution in [1.29, 1.82) is 0 Å². The van der Waals surface area contributed by atoms with Crippen LogP contribution in [0.3, 0.4) is 0 Å². The van der Waals surface area contributed by atoms with Gasteiger partial charge in [0.2, 0.25) is 11.9 Å². The zero-order valence-electron chi connectivity index (χ0n) is 12.9. The Morgan fingerprint density at radius 1 is 1.15 bits per heavy atom. The summed E-state index contributed by atoms with van der Waals surface area (Å²) in [5.74, 6) is 1.85. The summed E-state index contributed by atoms with van der Waals surface area (Å²) in [6.07, 6.45) is 3.56. The average Bonchev–Trinajstić information content (AvgIpc) is 3.20. The Balaban J connectivity index is 2.14. The van der Waals surface area contributed by atoms with Crippen LogP contribution in [-0.2, 0) is 0 Å². The Kier molecular flexibility index (Phi) is 4.62. The maximum Gasteiger partial charge on any atom is 0.323 e. The number of nitrogens with one attached hydrogen (secondary N) is 2. The molecule has 0 unspecified atom stereocenters. The topological polar surface area (TPSA) is 72.0 Å². The standard InChI is InChI=1S/C14H25N5O/c1-5-9-15-11-16-12(18-13(17-11)20-6-2)19-14(3,4)10-7-8-10/h10H,5-9H2,1-4H3,(H2,15,16,17,18,19). The van der Waals surface area contributed by atoms with Crippen molar-refractivity contribution < 1.29 is 4.74 Å². The van der Waals surface area contributed by atoms with Gasteiger partial charge < -0.3 is 15.4 Å². The van der Waals surface area contributed by atoms with Crippen LogP contribution in [0.25, 0.3) is 0 Å². The van der Waals surface area contributed by atoms with Crippen molar-refractivity contribution in [2.24, 2.45) is 5.92 Å². The van der Waals surface area contributed by atoms with Gasteiger partial charge in [-0.3, -0.25) is 0 Å². The number of anilines is 2. The largest absolute Gasteiger partial charge is 0.464 e. The van der Waals surface area contributed by atoms with Gasteiger partial charge in [-0.1, -0.05) is 6.92 Å². The van der Waals surface area contributed by atoms with Crippen molar-refractivity contribution in [2.45, 2.75) is 52.5 Å². The first-order chi connectivity index (χ1) is 9.55. The summed E-state index contributed by atoms with van der Waals surface area (Å²) in [5, 5.41) is 6.60. The lowest BCUT2D eigenvalue weighted by Crippen LogP contribution is -2.34. The third-order valence-corrected chi connectivity index (χ3v) is 3.45. The first kappa shape index (κ1) is 14.8. The molecule has 6 heteroatoms. The lowest BCUT2D eigenvalue weighted by Gasteiger charge is -2.26. The van der Waals surface area contributed by atoms with Gasteiger partial charge in [0.25, 0.3) is 0 Å². The van der Waals surface area contributed by atoms with E-state index in [1.165, 1.54) is 12.8 Å². The van der Waals surface area contributed by atoms with E-state index in [0.717, 1.165) is 13.0 Å². The molecule has 6 nitrogen and oxygen atoms in total. The minimum absolute atomic E-state index is 0.00681. The second-order valence-electron chi connectivity index (χ2n) is 5.75. The minimum atomic E-state index is 0.00681. The number of ether oxygens (including phenoxy) is 1. The van der Waals surface area contributed by atoms with Crippen LogP contribution >= 0.6 is 0 Å². The van der Waals surface area contributed by atoms with Crippen molar-refractivity contribution in [3.8, 4) is 6.01 Å². The Morgan fingerprint density at radius 2 is 1.85 bits per heavy atom. The van der Waals surface area contributed by atoms with Crippen LogP contribution < -0.4 is 15.4 Å². The van der Waals surface area contributed by atoms with Crippen LogP contribution in [0.2, 0.25) is 0 Å². The fourth-order valence-corrected chi connectivity index (χ4v) is 2.12. The van der Waals surface area contributed by atoms with Crippen molar-refractivity contribution in [3.63, 3.8) is 0 Å². The van der Waals surface area contributed by atoms with Gasteiger partial charge in [-0.25, -0.2) is 0 Å². The van der Waals surface area contributed by atoms with Crippen molar-refractivity contribution in [2.75, 3.05) is 23.8 Å². The molecule has 0 saturated heterocycles. The van der Waals surface area contributed by atoms with Crippen LogP contribution in [0, 0.1) is 5.92 Å².